The fraction of sp³-hybridized carbons (Fsp3) is 0.533. The molecule has 3 nitrogen and oxygen atoms in total. The molecule has 1 aliphatic heterocycles. The summed E-state index contributed by atoms with van der Waals surface area (Å²) in [4.78, 5) is 12.7. The summed E-state index contributed by atoms with van der Waals surface area (Å²) in [5.41, 5.74) is 5.44. The van der Waals surface area contributed by atoms with Crippen molar-refractivity contribution in [1.29, 1.82) is 0 Å². The van der Waals surface area contributed by atoms with Gasteiger partial charge in [0.15, 0.2) is 5.78 Å². The van der Waals surface area contributed by atoms with Crippen LogP contribution in [0.3, 0.4) is 0 Å². The molecule has 1 fully saturated rings. The van der Waals surface area contributed by atoms with Gasteiger partial charge in [0, 0.05) is 17.5 Å². The van der Waals surface area contributed by atoms with Gasteiger partial charge in [0.1, 0.15) is 5.16 Å². The number of carbonyl (C=O) groups excluding carboxylic acids is 1. The van der Waals surface area contributed by atoms with Crippen molar-refractivity contribution in [3.63, 3.8) is 0 Å². The van der Waals surface area contributed by atoms with E-state index in [-0.39, 0.29) is 21.4 Å². The molecule has 0 aromatic carbocycles. The van der Waals surface area contributed by atoms with Crippen LogP contribution in [-0.4, -0.2) is 18.9 Å². The van der Waals surface area contributed by atoms with Gasteiger partial charge in [0.25, 0.3) is 0 Å². The van der Waals surface area contributed by atoms with Gasteiger partial charge in [0.2, 0.25) is 0 Å². The molecule has 0 bridgehead atoms. The van der Waals surface area contributed by atoms with Crippen molar-refractivity contribution in [3.05, 3.63) is 34.5 Å². The first-order chi connectivity index (χ1) is 9.28. The molecule has 0 saturated carbocycles. The molecule has 1 aliphatic rings. The van der Waals surface area contributed by atoms with E-state index in [4.69, 9.17) is 28.9 Å². The molecular weight excluding hydrogens is 295 g/mol. The lowest BCUT2D eigenvalue weighted by Gasteiger charge is -2.28. The molecule has 20 heavy (non-hydrogen) atoms. The van der Waals surface area contributed by atoms with Gasteiger partial charge in [-0.3, -0.25) is 4.79 Å². The first-order valence-corrected chi connectivity index (χ1v) is 7.47. The van der Waals surface area contributed by atoms with Crippen molar-refractivity contribution in [1.82, 2.24) is 5.32 Å². The van der Waals surface area contributed by atoms with E-state index in [1.54, 1.807) is 6.08 Å². The van der Waals surface area contributed by atoms with E-state index >= 15 is 0 Å². The maximum absolute atomic E-state index is 12.7. The predicted octanol–water partition coefficient (Wildman–Crippen LogP) is 3.30. The number of ketones is 1. The molecule has 0 amide bonds. The van der Waals surface area contributed by atoms with Gasteiger partial charge in [-0.2, -0.15) is 0 Å². The highest BCUT2D eigenvalue weighted by molar-refractivity contribution is 6.39. The summed E-state index contributed by atoms with van der Waals surface area (Å²) in [5, 5.41) is 3.49. The molecule has 5 heteroatoms. The van der Waals surface area contributed by atoms with Crippen molar-refractivity contribution < 1.29 is 4.79 Å². The third-order valence-corrected chi connectivity index (χ3v) is 4.10. The minimum Gasteiger partial charge on any atom is -0.388 e. The number of hydrogen-bond acceptors (Lipinski definition) is 3. The zero-order valence-electron chi connectivity index (χ0n) is 12.0. The number of allylic oxidation sites excluding steroid dienone is 4. The lowest BCUT2D eigenvalue weighted by atomic mass is 9.73. The number of rotatable bonds is 6. The molecule has 3 N–H and O–H groups in total. The lowest BCUT2D eigenvalue weighted by Crippen LogP contribution is -2.35. The van der Waals surface area contributed by atoms with Crippen LogP contribution in [0.4, 0.5) is 0 Å². The van der Waals surface area contributed by atoms with Gasteiger partial charge < -0.3 is 11.1 Å². The van der Waals surface area contributed by atoms with Crippen molar-refractivity contribution in [2.75, 3.05) is 13.1 Å². The first-order valence-electron chi connectivity index (χ1n) is 6.72. The van der Waals surface area contributed by atoms with E-state index in [0.29, 0.717) is 18.0 Å². The van der Waals surface area contributed by atoms with Gasteiger partial charge in [-0.15, -0.1) is 0 Å². The minimum atomic E-state index is -0.349. The van der Waals surface area contributed by atoms with Gasteiger partial charge in [-0.05, 0) is 31.4 Å². The minimum absolute atomic E-state index is 0.00240. The van der Waals surface area contributed by atoms with E-state index in [0.717, 1.165) is 19.4 Å². The molecular formula is C15H22Cl2N2O. The summed E-state index contributed by atoms with van der Waals surface area (Å²) in [7, 11) is 0. The maximum atomic E-state index is 12.7. The standard InChI is InChI=1S/C15H22Cl2N2O/c1-10(2)8-15(6-7-19-9-15)13(20)11(3)4-5-12(16)14(17)18/h4-5,10,19H,3,6-9,18H2,1-2H3/b5-4-,14-12+. The van der Waals surface area contributed by atoms with Crippen LogP contribution >= 0.6 is 23.2 Å². The molecule has 0 aromatic rings. The van der Waals surface area contributed by atoms with Gasteiger partial charge in [-0.1, -0.05) is 49.7 Å². The fourth-order valence-electron chi connectivity index (χ4n) is 2.66. The zero-order chi connectivity index (χ0) is 15.3. The van der Waals surface area contributed by atoms with Gasteiger partial charge in [0.05, 0.1) is 5.03 Å². The number of hydrogen-bond donors (Lipinski definition) is 2. The Bertz CT molecular complexity index is 443. The molecule has 1 rings (SSSR count). The smallest absolute Gasteiger partial charge is 0.169 e. The van der Waals surface area contributed by atoms with Crippen molar-refractivity contribution >= 4 is 29.0 Å². The van der Waals surface area contributed by atoms with Crippen LogP contribution < -0.4 is 11.1 Å². The summed E-state index contributed by atoms with van der Waals surface area (Å²) in [6, 6.07) is 0. The van der Waals surface area contributed by atoms with Crippen molar-refractivity contribution in [3.8, 4) is 0 Å². The first kappa shape index (κ1) is 17.3. The SMILES string of the molecule is C=C(/C=C\C(Cl)=C(/N)Cl)C(=O)C1(CC(C)C)CCNC1. The van der Waals surface area contributed by atoms with E-state index in [9.17, 15) is 4.79 Å². The fourth-order valence-corrected chi connectivity index (χ4v) is 2.78. The third kappa shape index (κ3) is 4.37. The third-order valence-electron chi connectivity index (χ3n) is 3.48. The van der Waals surface area contributed by atoms with Crippen LogP contribution in [0.25, 0.3) is 0 Å². The molecule has 1 unspecified atom stereocenters. The van der Waals surface area contributed by atoms with Gasteiger partial charge in [-0.25, -0.2) is 0 Å². The van der Waals surface area contributed by atoms with Crippen molar-refractivity contribution in [2.45, 2.75) is 26.7 Å². The monoisotopic (exact) mass is 316 g/mol. The molecule has 0 spiro atoms. The van der Waals surface area contributed by atoms with Crippen LogP contribution in [0.5, 0.6) is 0 Å². The van der Waals surface area contributed by atoms with Crippen LogP contribution in [0.2, 0.25) is 0 Å². The summed E-state index contributed by atoms with van der Waals surface area (Å²) in [5.74, 6) is 0.530. The molecule has 112 valence electrons. The molecule has 0 aliphatic carbocycles. The predicted molar refractivity (Wildman–Crippen MR) is 85.6 cm³/mol. The highest BCUT2D eigenvalue weighted by Gasteiger charge is 2.41. The van der Waals surface area contributed by atoms with Crippen LogP contribution in [0.15, 0.2) is 34.5 Å². The topological polar surface area (TPSA) is 55.1 Å². The number of nitrogens with one attached hydrogen (secondary N) is 1. The van der Waals surface area contributed by atoms with Crippen LogP contribution in [0, 0.1) is 11.3 Å². The Morgan fingerprint density at radius 2 is 2.10 bits per heavy atom. The average Bonchev–Trinajstić information content (AvgIpc) is 2.83. The summed E-state index contributed by atoms with van der Waals surface area (Å²) >= 11 is 11.4. The second-order valence-corrected chi connectivity index (χ2v) is 6.50. The summed E-state index contributed by atoms with van der Waals surface area (Å²) < 4.78 is 0. The van der Waals surface area contributed by atoms with E-state index in [1.165, 1.54) is 6.08 Å². The molecule has 1 saturated heterocycles. The maximum Gasteiger partial charge on any atom is 0.169 e. The van der Waals surface area contributed by atoms with Gasteiger partial charge >= 0.3 is 0 Å². The largest absolute Gasteiger partial charge is 0.388 e. The normalized spacial score (nSPS) is 24.2. The van der Waals surface area contributed by atoms with E-state index in [1.807, 2.05) is 0 Å². The van der Waals surface area contributed by atoms with E-state index < -0.39 is 0 Å². The highest BCUT2D eigenvalue weighted by atomic mass is 35.5. The molecule has 1 atom stereocenters. The summed E-state index contributed by atoms with van der Waals surface area (Å²) in [6.07, 6.45) is 4.79. The number of carbonyl (C=O) groups is 1. The van der Waals surface area contributed by atoms with Crippen LogP contribution in [0.1, 0.15) is 26.7 Å². The average molecular weight is 317 g/mol. The molecule has 1 heterocycles. The Morgan fingerprint density at radius 3 is 2.55 bits per heavy atom. The Balaban J connectivity index is 2.86. The Labute approximate surface area is 130 Å². The van der Waals surface area contributed by atoms with Crippen molar-refractivity contribution in [2.24, 2.45) is 17.1 Å². The molecule has 0 radical (unpaired) electrons. The number of halogens is 2. The lowest BCUT2D eigenvalue weighted by molar-refractivity contribution is -0.124. The molecule has 0 aromatic heterocycles. The number of nitrogens with two attached hydrogens (primary N) is 1. The number of Topliss-reactive ketones (excluding diaryl/α,β-unsaturated/α-hetero) is 1. The quantitative estimate of drug-likeness (QED) is 0.449. The van der Waals surface area contributed by atoms with Crippen LogP contribution in [-0.2, 0) is 4.79 Å². The Kier molecular flexibility index (Phi) is 6.31. The summed E-state index contributed by atoms with van der Waals surface area (Å²) in [6.45, 7) is 9.68. The Morgan fingerprint density at radius 1 is 1.45 bits per heavy atom. The second kappa shape index (κ2) is 7.30. The Hall–Kier alpha value is -0.770. The zero-order valence-corrected chi connectivity index (χ0v) is 13.5. The highest BCUT2D eigenvalue weighted by Crippen LogP contribution is 2.36. The van der Waals surface area contributed by atoms with E-state index in [2.05, 4.69) is 25.7 Å². The second-order valence-electron chi connectivity index (χ2n) is 5.69.